The minimum Gasteiger partial charge on any atom is -0.348 e. The molecular weight excluding hydrogens is 210 g/mol. The molecule has 1 aliphatic carbocycles. The molecule has 0 heterocycles. The molecule has 1 amide bonds. The van der Waals surface area contributed by atoms with E-state index < -0.39 is 0 Å². The number of rotatable bonds is 4. The first-order chi connectivity index (χ1) is 7.31. The van der Waals surface area contributed by atoms with Gasteiger partial charge in [-0.05, 0) is 18.4 Å². The molecule has 1 fully saturated rings. The summed E-state index contributed by atoms with van der Waals surface area (Å²) in [5, 5.41) is 2.97. The normalized spacial score (nSPS) is 17.1. The number of hydrogen-bond donors (Lipinski definition) is 1. The van der Waals surface area contributed by atoms with Crippen molar-refractivity contribution in [2.45, 2.75) is 18.9 Å². The van der Waals surface area contributed by atoms with E-state index in [9.17, 15) is 4.79 Å². The third-order valence-corrected chi connectivity index (χ3v) is 2.93. The first kappa shape index (κ1) is 10.5. The summed E-state index contributed by atoms with van der Waals surface area (Å²) in [7, 11) is 0. The van der Waals surface area contributed by atoms with Gasteiger partial charge in [0.25, 0.3) is 0 Å². The van der Waals surface area contributed by atoms with Crippen molar-refractivity contribution in [3.05, 3.63) is 35.9 Å². The summed E-state index contributed by atoms with van der Waals surface area (Å²) in [6.45, 7) is 0. The predicted molar refractivity (Wildman–Crippen MR) is 60.8 cm³/mol. The maximum atomic E-state index is 11.6. The van der Waals surface area contributed by atoms with Crippen LogP contribution in [0.1, 0.15) is 24.4 Å². The van der Waals surface area contributed by atoms with Gasteiger partial charge in [0, 0.05) is 11.8 Å². The van der Waals surface area contributed by atoms with Crippen molar-refractivity contribution >= 4 is 17.5 Å². The molecule has 2 rings (SSSR count). The zero-order valence-corrected chi connectivity index (χ0v) is 9.20. The van der Waals surface area contributed by atoms with Crippen LogP contribution in [0.15, 0.2) is 30.3 Å². The summed E-state index contributed by atoms with van der Waals surface area (Å²) in [5.74, 6) is 0.798. The van der Waals surface area contributed by atoms with E-state index in [1.54, 1.807) is 0 Å². The number of benzene rings is 1. The van der Waals surface area contributed by atoms with Gasteiger partial charge < -0.3 is 5.32 Å². The van der Waals surface area contributed by atoms with Crippen LogP contribution in [-0.4, -0.2) is 11.8 Å². The van der Waals surface area contributed by atoms with Gasteiger partial charge in [-0.3, -0.25) is 4.79 Å². The van der Waals surface area contributed by atoms with Gasteiger partial charge in [-0.25, -0.2) is 0 Å². The second-order valence-corrected chi connectivity index (χ2v) is 4.21. The van der Waals surface area contributed by atoms with Crippen LogP contribution in [-0.2, 0) is 4.79 Å². The third-order valence-electron chi connectivity index (χ3n) is 2.62. The van der Waals surface area contributed by atoms with Crippen molar-refractivity contribution in [2.24, 2.45) is 5.92 Å². The van der Waals surface area contributed by atoms with Crippen LogP contribution in [0.25, 0.3) is 0 Å². The van der Waals surface area contributed by atoms with Crippen molar-refractivity contribution in [1.29, 1.82) is 0 Å². The van der Waals surface area contributed by atoms with E-state index in [1.165, 1.54) is 0 Å². The summed E-state index contributed by atoms with van der Waals surface area (Å²) in [4.78, 5) is 11.6. The molecule has 3 heteroatoms. The van der Waals surface area contributed by atoms with E-state index >= 15 is 0 Å². The predicted octanol–water partition coefficient (Wildman–Crippen LogP) is 2.49. The number of hydrogen-bond acceptors (Lipinski definition) is 1. The first-order valence-corrected chi connectivity index (χ1v) is 5.76. The van der Waals surface area contributed by atoms with Crippen LogP contribution in [0.4, 0.5) is 0 Å². The van der Waals surface area contributed by atoms with Gasteiger partial charge in [-0.1, -0.05) is 30.3 Å². The molecule has 2 nitrogen and oxygen atoms in total. The molecule has 1 aromatic rings. The summed E-state index contributed by atoms with van der Waals surface area (Å²) >= 11 is 5.86. The lowest BCUT2D eigenvalue weighted by Gasteiger charge is -2.16. The quantitative estimate of drug-likeness (QED) is 0.781. The molecule has 1 unspecified atom stereocenters. The molecular formula is C12H14ClNO. The van der Waals surface area contributed by atoms with Gasteiger partial charge in [0.1, 0.15) is 0 Å². The largest absolute Gasteiger partial charge is 0.348 e. The summed E-state index contributed by atoms with van der Waals surface area (Å²) < 4.78 is 0. The standard InChI is InChI=1S/C12H14ClNO/c13-8-11(9-4-2-1-3-5-9)14-12(15)10-6-7-10/h1-5,10-11H,6-8H2,(H,14,15). The molecule has 0 bridgehead atoms. The summed E-state index contributed by atoms with van der Waals surface area (Å²) in [6.07, 6.45) is 2.05. The lowest BCUT2D eigenvalue weighted by molar-refractivity contribution is -0.122. The highest BCUT2D eigenvalue weighted by Gasteiger charge is 2.30. The third kappa shape index (κ3) is 2.72. The van der Waals surface area contributed by atoms with Crippen LogP contribution in [0.2, 0.25) is 0 Å². The highest BCUT2D eigenvalue weighted by molar-refractivity contribution is 6.18. The van der Waals surface area contributed by atoms with E-state index in [0.29, 0.717) is 5.88 Å². The molecule has 80 valence electrons. The Bertz CT molecular complexity index is 335. The first-order valence-electron chi connectivity index (χ1n) is 5.22. The maximum absolute atomic E-state index is 11.6. The smallest absolute Gasteiger partial charge is 0.223 e. The number of carbonyl (C=O) groups is 1. The van der Waals surface area contributed by atoms with Crippen LogP contribution < -0.4 is 5.32 Å². The molecule has 0 radical (unpaired) electrons. The molecule has 1 saturated carbocycles. The fourth-order valence-electron chi connectivity index (χ4n) is 1.53. The highest BCUT2D eigenvalue weighted by Crippen LogP contribution is 2.29. The van der Waals surface area contributed by atoms with Crippen LogP contribution in [0.3, 0.4) is 0 Å². The van der Waals surface area contributed by atoms with Gasteiger partial charge in [-0.2, -0.15) is 0 Å². The van der Waals surface area contributed by atoms with Crippen molar-refractivity contribution in [1.82, 2.24) is 5.32 Å². The average molecular weight is 224 g/mol. The lowest BCUT2D eigenvalue weighted by Crippen LogP contribution is -2.30. The van der Waals surface area contributed by atoms with Crippen LogP contribution >= 0.6 is 11.6 Å². The second-order valence-electron chi connectivity index (χ2n) is 3.90. The molecule has 15 heavy (non-hydrogen) atoms. The van der Waals surface area contributed by atoms with Gasteiger partial charge in [0.05, 0.1) is 6.04 Å². The Kier molecular flexibility index (Phi) is 3.27. The van der Waals surface area contributed by atoms with E-state index in [0.717, 1.165) is 18.4 Å². The average Bonchev–Trinajstić information content (AvgIpc) is 3.10. The van der Waals surface area contributed by atoms with Gasteiger partial charge in [0.15, 0.2) is 0 Å². The zero-order valence-electron chi connectivity index (χ0n) is 8.45. The number of alkyl halides is 1. The molecule has 1 aromatic carbocycles. The molecule has 1 aliphatic rings. The summed E-state index contributed by atoms with van der Waals surface area (Å²) in [5.41, 5.74) is 1.07. The Labute approximate surface area is 94.6 Å². The van der Waals surface area contributed by atoms with E-state index in [1.807, 2.05) is 30.3 Å². The fraction of sp³-hybridized carbons (Fsp3) is 0.417. The Balaban J connectivity index is 2.00. The Morgan fingerprint density at radius 1 is 1.40 bits per heavy atom. The van der Waals surface area contributed by atoms with E-state index in [-0.39, 0.29) is 17.9 Å². The molecule has 1 atom stereocenters. The Morgan fingerprint density at radius 2 is 2.07 bits per heavy atom. The molecule has 1 N–H and O–H groups in total. The molecule has 0 saturated heterocycles. The Hall–Kier alpha value is -1.02. The summed E-state index contributed by atoms with van der Waals surface area (Å²) in [6, 6.07) is 9.79. The minimum atomic E-state index is -0.0547. The maximum Gasteiger partial charge on any atom is 0.223 e. The van der Waals surface area contributed by atoms with Crippen molar-refractivity contribution in [3.63, 3.8) is 0 Å². The topological polar surface area (TPSA) is 29.1 Å². The van der Waals surface area contributed by atoms with Crippen LogP contribution in [0, 0.1) is 5.92 Å². The Morgan fingerprint density at radius 3 is 2.60 bits per heavy atom. The fourth-order valence-corrected chi connectivity index (χ4v) is 1.79. The highest BCUT2D eigenvalue weighted by atomic mass is 35.5. The number of halogens is 1. The molecule has 0 aromatic heterocycles. The lowest BCUT2D eigenvalue weighted by atomic mass is 10.1. The minimum absolute atomic E-state index is 0.0547. The second kappa shape index (κ2) is 4.67. The van der Waals surface area contributed by atoms with Gasteiger partial charge in [0.2, 0.25) is 5.91 Å². The van der Waals surface area contributed by atoms with Crippen LogP contribution in [0.5, 0.6) is 0 Å². The van der Waals surface area contributed by atoms with Crippen molar-refractivity contribution in [3.8, 4) is 0 Å². The van der Waals surface area contributed by atoms with Crippen molar-refractivity contribution in [2.75, 3.05) is 5.88 Å². The van der Waals surface area contributed by atoms with E-state index in [2.05, 4.69) is 5.32 Å². The van der Waals surface area contributed by atoms with E-state index in [4.69, 9.17) is 11.6 Å². The monoisotopic (exact) mass is 223 g/mol. The number of amides is 1. The SMILES string of the molecule is O=C(NC(CCl)c1ccccc1)C1CC1. The molecule has 0 spiro atoms. The van der Waals surface area contributed by atoms with Crippen molar-refractivity contribution < 1.29 is 4.79 Å². The number of carbonyl (C=O) groups excluding carboxylic acids is 1. The van der Waals surface area contributed by atoms with Gasteiger partial charge in [-0.15, -0.1) is 11.6 Å². The molecule has 0 aliphatic heterocycles. The van der Waals surface area contributed by atoms with Gasteiger partial charge >= 0.3 is 0 Å². The number of nitrogens with one attached hydrogen (secondary N) is 1. The zero-order chi connectivity index (χ0) is 10.7.